The highest BCUT2D eigenvalue weighted by atomic mass is 16.1. The Labute approximate surface area is 85.6 Å². The summed E-state index contributed by atoms with van der Waals surface area (Å²) in [5, 5.41) is 6.30. The van der Waals surface area contributed by atoms with Crippen LogP contribution in [-0.2, 0) is 4.79 Å². The molecule has 2 rings (SSSR count). The molecule has 3 nitrogen and oxygen atoms in total. The van der Waals surface area contributed by atoms with Crippen molar-refractivity contribution in [2.75, 3.05) is 13.1 Å². The molecule has 1 saturated heterocycles. The van der Waals surface area contributed by atoms with E-state index in [9.17, 15) is 4.79 Å². The van der Waals surface area contributed by atoms with Gasteiger partial charge in [-0.05, 0) is 44.7 Å². The molecule has 0 radical (unpaired) electrons. The Bertz CT molecular complexity index is 209. The third-order valence-electron chi connectivity index (χ3n) is 3.59. The Morgan fingerprint density at radius 1 is 1.50 bits per heavy atom. The van der Waals surface area contributed by atoms with E-state index in [1.807, 2.05) is 0 Å². The maximum Gasteiger partial charge on any atom is 0.220 e. The fraction of sp³-hybridized carbons (Fsp3) is 0.909. The molecule has 1 saturated carbocycles. The quantitative estimate of drug-likeness (QED) is 0.701. The van der Waals surface area contributed by atoms with Gasteiger partial charge in [-0.3, -0.25) is 4.79 Å². The van der Waals surface area contributed by atoms with Crippen LogP contribution in [0.1, 0.15) is 32.6 Å². The van der Waals surface area contributed by atoms with Gasteiger partial charge >= 0.3 is 0 Å². The Balaban J connectivity index is 1.64. The molecule has 80 valence electrons. The van der Waals surface area contributed by atoms with Crippen molar-refractivity contribution in [3.63, 3.8) is 0 Å². The van der Waals surface area contributed by atoms with Crippen LogP contribution in [0.2, 0.25) is 0 Å². The third-order valence-corrected chi connectivity index (χ3v) is 3.59. The van der Waals surface area contributed by atoms with Crippen molar-refractivity contribution < 1.29 is 4.79 Å². The minimum atomic E-state index is 0.246. The van der Waals surface area contributed by atoms with Crippen LogP contribution in [0.25, 0.3) is 0 Å². The van der Waals surface area contributed by atoms with E-state index in [2.05, 4.69) is 17.6 Å². The van der Waals surface area contributed by atoms with Crippen molar-refractivity contribution in [2.45, 2.75) is 38.6 Å². The Hall–Kier alpha value is -0.570. The Morgan fingerprint density at radius 2 is 2.21 bits per heavy atom. The molecule has 0 aromatic rings. The molecule has 0 spiro atoms. The fourth-order valence-electron chi connectivity index (χ4n) is 2.13. The zero-order chi connectivity index (χ0) is 9.97. The molecule has 1 aliphatic carbocycles. The lowest BCUT2D eigenvalue weighted by molar-refractivity contribution is -0.123. The lowest BCUT2D eigenvalue weighted by Crippen LogP contribution is -2.47. The molecule has 1 heterocycles. The third kappa shape index (κ3) is 2.27. The van der Waals surface area contributed by atoms with Crippen LogP contribution in [0.15, 0.2) is 0 Å². The number of hydrogen-bond acceptors (Lipinski definition) is 2. The van der Waals surface area contributed by atoms with Gasteiger partial charge in [0.2, 0.25) is 5.91 Å². The van der Waals surface area contributed by atoms with Gasteiger partial charge in [-0.25, -0.2) is 0 Å². The lowest BCUT2D eigenvalue weighted by atomic mass is 9.80. The van der Waals surface area contributed by atoms with Crippen molar-refractivity contribution in [2.24, 2.45) is 11.8 Å². The molecule has 1 aliphatic heterocycles. The number of carbonyl (C=O) groups excluding carboxylic acids is 1. The highest BCUT2D eigenvalue weighted by Crippen LogP contribution is 2.29. The van der Waals surface area contributed by atoms with E-state index in [0.717, 1.165) is 19.0 Å². The SMILES string of the molecule is CC(NC(=O)CC1CNC1)C1CCC1. The average Bonchev–Trinajstić information content (AvgIpc) is 1.93. The molecule has 2 aliphatic rings. The second kappa shape index (κ2) is 4.30. The van der Waals surface area contributed by atoms with Crippen molar-refractivity contribution in [3.05, 3.63) is 0 Å². The summed E-state index contributed by atoms with van der Waals surface area (Å²) in [4.78, 5) is 11.6. The molecule has 0 aromatic heterocycles. The summed E-state index contributed by atoms with van der Waals surface area (Å²) in [6.45, 7) is 4.18. The fourth-order valence-corrected chi connectivity index (χ4v) is 2.13. The van der Waals surface area contributed by atoms with E-state index >= 15 is 0 Å². The maximum absolute atomic E-state index is 11.6. The van der Waals surface area contributed by atoms with Gasteiger partial charge < -0.3 is 10.6 Å². The first-order valence-electron chi connectivity index (χ1n) is 5.76. The van der Waals surface area contributed by atoms with E-state index < -0.39 is 0 Å². The molecule has 2 N–H and O–H groups in total. The van der Waals surface area contributed by atoms with Gasteiger partial charge in [-0.2, -0.15) is 0 Å². The van der Waals surface area contributed by atoms with E-state index in [1.165, 1.54) is 19.3 Å². The van der Waals surface area contributed by atoms with Crippen molar-refractivity contribution in [1.29, 1.82) is 0 Å². The van der Waals surface area contributed by atoms with Gasteiger partial charge in [0.05, 0.1) is 0 Å². The topological polar surface area (TPSA) is 41.1 Å². The van der Waals surface area contributed by atoms with Gasteiger partial charge in [-0.1, -0.05) is 6.42 Å². The Kier molecular flexibility index (Phi) is 3.06. The smallest absolute Gasteiger partial charge is 0.220 e. The van der Waals surface area contributed by atoms with Crippen LogP contribution in [-0.4, -0.2) is 25.0 Å². The second-order valence-corrected chi connectivity index (χ2v) is 4.78. The molecule has 1 atom stereocenters. The normalized spacial score (nSPS) is 24.9. The summed E-state index contributed by atoms with van der Waals surface area (Å²) < 4.78 is 0. The van der Waals surface area contributed by atoms with Crippen molar-refractivity contribution >= 4 is 5.91 Å². The predicted octanol–water partition coefficient (Wildman–Crippen LogP) is 0.901. The monoisotopic (exact) mass is 196 g/mol. The standard InChI is InChI=1S/C11H20N2O/c1-8(10-3-2-4-10)13-11(14)5-9-6-12-7-9/h8-10,12H,2-7H2,1H3,(H,13,14). The first-order valence-corrected chi connectivity index (χ1v) is 5.76. The first kappa shape index (κ1) is 9.97. The van der Waals surface area contributed by atoms with Gasteiger partial charge in [0.1, 0.15) is 0 Å². The second-order valence-electron chi connectivity index (χ2n) is 4.78. The van der Waals surface area contributed by atoms with Crippen LogP contribution >= 0.6 is 0 Å². The van der Waals surface area contributed by atoms with E-state index in [0.29, 0.717) is 18.4 Å². The van der Waals surface area contributed by atoms with Gasteiger partial charge in [0, 0.05) is 12.5 Å². The molecule has 0 aromatic carbocycles. The maximum atomic E-state index is 11.6. The molecule has 14 heavy (non-hydrogen) atoms. The highest BCUT2D eigenvalue weighted by molar-refractivity contribution is 5.76. The number of nitrogens with one attached hydrogen (secondary N) is 2. The minimum absolute atomic E-state index is 0.246. The number of rotatable bonds is 4. The van der Waals surface area contributed by atoms with Crippen molar-refractivity contribution in [1.82, 2.24) is 10.6 Å². The van der Waals surface area contributed by atoms with Crippen LogP contribution < -0.4 is 10.6 Å². The summed E-state index contributed by atoms with van der Waals surface area (Å²) in [5.41, 5.74) is 0. The van der Waals surface area contributed by atoms with Gasteiger partial charge in [-0.15, -0.1) is 0 Å². The summed E-state index contributed by atoms with van der Waals surface area (Å²) in [7, 11) is 0. The molecule has 1 unspecified atom stereocenters. The molecule has 3 heteroatoms. The van der Waals surface area contributed by atoms with Crippen LogP contribution in [0.4, 0.5) is 0 Å². The van der Waals surface area contributed by atoms with Gasteiger partial charge in [0.25, 0.3) is 0 Å². The van der Waals surface area contributed by atoms with E-state index in [4.69, 9.17) is 0 Å². The summed E-state index contributed by atoms with van der Waals surface area (Å²) >= 11 is 0. The summed E-state index contributed by atoms with van der Waals surface area (Å²) in [6.07, 6.45) is 4.65. The summed E-state index contributed by atoms with van der Waals surface area (Å²) in [5.74, 6) is 1.58. The number of amides is 1. The van der Waals surface area contributed by atoms with Crippen LogP contribution in [0, 0.1) is 11.8 Å². The molecular formula is C11H20N2O. The van der Waals surface area contributed by atoms with E-state index in [-0.39, 0.29) is 5.91 Å². The van der Waals surface area contributed by atoms with Crippen LogP contribution in [0.3, 0.4) is 0 Å². The molecule has 2 fully saturated rings. The average molecular weight is 196 g/mol. The molecule has 1 amide bonds. The molecule has 0 bridgehead atoms. The Morgan fingerprint density at radius 3 is 2.64 bits per heavy atom. The highest BCUT2D eigenvalue weighted by Gasteiger charge is 2.26. The number of hydrogen-bond donors (Lipinski definition) is 2. The van der Waals surface area contributed by atoms with E-state index in [1.54, 1.807) is 0 Å². The predicted molar refractivity (Wildman–Crippen MR) is 55.9 cm³/mol. The molecular weight excluding hydrogens is 176 g/mol. The largest absolute Gasteiger partial charge is 0.353 e. The zero-order valence-electron chi connectivity index (χ0n) is 8.88. The summed E-state index contributed by atoms with van der Waals surface area (Å²) in [6, 6.07) is 0.393. The lowest BCUT2D eigenvalue weighted by Gasteiger charge is -2.33. The zero-order valence-corrected chi connectivity index (χ0v) is 8.88. The first-order chi connectivity index (χ1) is 6.75. The number of carbonyl (C=O) groups is 1. The van der Waals surface area contributed by atoms with Crippen molar-refractivity contribution in [3.8, 4) is 0 Å². The van der Waals surface area contributed by atoms with Crippen LogP contribution in [0.5, 0.6) is 0 Å². The van der Waals surface area contributed by atoms with Gasteiger partial charge in [0.15, 0.2) is 0 Å². The minimum Gasteiger partial charge on any atom is -0.353 e.